The zero-order chi connectivity index (χ0) is 12.7. The van der Waals surface area contributed by atoms with Crippen LogP contribution in [0.15, 0.2) is 24.3 Å². The van der Waals surface area contributed by atoms with Gasteiger partial charge in [0.15, 0.2) is 0 Å². The van der Waals surface area contributed by atoms with Crippen LogP contribution >= 0.6 is 0 Å². The average Bonchev–Trinajstić information content (AvgIpc) is 2.29. The molecular weight excluding hydrogens is 208 g/mol. The molecule has 0 amide bonds. The van der Waals surface area contributed by atoms with E-state index in [-0.39, 0.29) is 0 Å². The van der Waals surface area contributed by atoms with Crippen LogP contribution in [0.1, 0.15) is 32.8 Å². The molecule has 0 aliphatic rings. The molecule has 2 heteroatoms. The molecule has 17 heavy (non-hydrogen) atoms. The van der Waals surface area contributed by atoms with Crippen LogP contribution < -0.4 is 10.2 Å². The highest BCUT2D eigenvalue weighted by molar-refractivity contribution is 5.53. The van der Waals surface area contributed by atoms with Crippen LogP contribution in [0.2, 0.25) is 0 Å². The van der Waals surface area contributed by atoms with Crippen molar-refractivity contribution in [2.45, 2.75) is 33.7 Å². The minimum absolute atomic E-state index is 0.691. The van der Waals surface area contributed by atoms with Gasteiger partial charge in [0.2, 0.25) is 0 Å². The van der Waals surface area contributed by atoms with Crippen LogP contribution in [0.3, 0.4) is 0 Å². The lowest BCUT2D eigenvalue weighted by atomic mass is 10.1. The van der Waals surface area contributed by atoms with E-state index in [1.165, 1.54) is 17.7 Å². The topological polar surface area (TPSA) is 15.3 Å². The summed E-state index contributed by atoms with van der Waals surface area (Å²) in [6.45, 7) is 9.87. The van der Waals surface area contributed by atoms with Crippen LogP contribution in [0.5, 0.6) is 0 Å². The van der Waals surface area contributed by atoms with Gasteiger partial charge >= 0.3 is 0 Å². The quantitative estimate of drug-likeness (QED) is 0.728. The zero-order valence-electron chi connectivity index (χ0n) is 11.7. The maximum Gasteiger partial charge on any atom is 0.0409 e. The fourth-order valence-corrected chi connectivity index (χ4v) is 2.08. The highest BCUT2D eigenvalue weighted by Crippen LogP contribution is 2.19. The normalized spacial score (nSPS) is 10.9. The summed E-state index contributed by atoms with van der Waals surface area (Å²) in [5, 5.41) is 3.47. The van der Waals surface area contributed by atoms with Gasteiger partial charge in [-0.25, -0.2) is 0 Å². The van der Waals surface area contributed by atoms with Crippen LogP contribution in [0.25, 0.3) is 0 Å². The summed E-state index contributed by atoms with van der Waals surface area (Å²) in [7, 11) is 2.18. The maximum atomic E-state index is 3.47. The Labute approximate surface area is 106 Å². The van der Waals surface area contributed by atoms with E-state index in [2.05, 4.69) is 62.3 Å². The van der Waals surface area contributed by atoms with Crippen molar-refractivity contribution in [3.63, 3.8) is 0 Å². The Balaban J connectivity index is 2.69. The summed E-state index contributed by atoms with van der Waals surface area (Å²) >= 11 is 0. The number of nitrogens with zero attached hydrogens (tertiary/aromatic N) is 1. The molecule has 0 radical (unpaired) electrons. The molecule has 1 aromatic rings. The van der Waals surface area contributed by atoms with Gasteiger partial charge in [0.05, 0.1) is 0 Å². The van der Waals surface area contributed by atoms with Crippen molar-refractivity contribution < 1.29 is 0 Å². The van der Waals surface area contributed by atoms with Crippen molar-refractivity contribution >= 4 is 5.69 Å². The number of anilines is 1. The van der Waals surface area contributed by atoms with E-state index in [1.54, 1.807) is 0 Å². The summed E-state index contributed by atoms with van der Waals surface area (Å²) in [5.41, 5.74) is 2.74. The highest BCUT2D eigenvalue weighted by atomic mass is 15.1. The van der Waals surface area contributed by atoms with E-state index >= 15 is 0 Å². The van der Waals surface area contributed by atoms with Crippen molar-refractivity contribution in [1.82, 2.24) is 5.32 Å². The maximum absolute atomic E-state index is 3.47. The molecule has 0 heterocycles. The van der Waals surface area contributed by atoms with Gasteiger partial charge in [-0.05, 0) is 30.5 Å². The molecule has 0 atom stereocenters. The second-order valence-corrected chi connectivity index (χ2v) is 5.08. The molecular formula is C15H26N2. The molecule has 0 bridgehead atoms. The van der Waals surface area contributed by atoms with Gasteiger partial charge < -0.3 is 10.2 Å². The Morgan fingerprint density at radius 1 is 1.24 bits per heavy atom. The number of hydrogen-bond acceptors (Lipinski definition) is 2. The number of para-hydroxylation sites is 1. The lowest BCUT2D eigenvalue weighted by Gasteiger charge is -2.24. The Morgan fingerprint density at radius 3 is 2.59 bits per heavy atom. The molecule has 0 aliphatic heterocycles. The molecule has 0 fully saturated rings. The van der Waals surface area contributed by atoms with Crippen LogP contribution in [0.4, 0.5) is 5.69 Å². The minimum atomic E-state index is 0.691. The third-order valence-electron chi connectivity index (χ3n) is 2.78. The molecule has 0 unspecified atom stereocenters. The lowest BCUT2D eigenvalue weighted by molar-refractivity contribution is 0.632. The number of nitrogens with one attached hydrogen (secondary N) is 1. The molecule has 0 aliphatic carbocycles. The van der Waals surface area contributed by atoms with Crippen LogP contribution in [-0.4, -0.2) is 20.1 Å². The number of benzene rings is 1. The summed E-state index contributed by atoms with van der Waals surface area (Å²) in [4.78, 5) is 2.35. The summed E-state index contributed by atoms with van der Waals surface area (Å²) in [6, 6.07) is 8.67. The van der Waals surface area contributed by atoms with Crippen LogP contribution in [-0.2, 0) is 6.54 Å². The Bertz CT molecular complexity index is 320. The van der Waals surface area contributed by atoms with Crippen molar-refractivity contribution in [1.29, 1.82) is 0 Å². The van der Waals surface area contributed by atoms with Gasteiger partial charge in [-0.3, -0.25) is 0 Å². The average molecular weight is 234 g/mol. The zero-order valence-corrected chi connectivity index (χ0v) is 11.7. The molecule has 1 rings (SSSR count). The smallest absolute Gasteiger partial charge is 0.0409 e. The van der Waals surface area contributed by atoms with Gasteiger partial charge in [-0.15, -0.1) is 0 Å². The standard InChI is InChI=1S/C15H26N2/c1-5-10-16-11-14-8-6-7-9-15(14)17(4)12-13(2)3/h6-9,13,16H,5,10-12H2,1-4H3. The predicted molar refractivity (Wildman–Crippen MR) is 76.5 cm³/mol. The van der Waals surface area contributed by atoms with Gasteiger partial charge in [0.25, 0.3) is 0 Å². The Hall–Kier alpha value is -1.02. The fraction of sp³-hybridized carbons (Fsp3) is 0.600. The Kier molecular flexibility index (Phi) is 6.06. The first-order valence-electron chi connectivity index (χ1n) is 6.65. The highest BCUT2D eigenvalue weighted by Gasteiger charge is 2.07. The molecule has 2 nitrogen and oxygen atoms in total. The number of hydrogen-bond donors (Lipinski definition) is 1. The molecule has 1 aromatic carbocycles. The third kappa shape index (κ3) is 4.78. The third-order valence-corrected chi connectivity index (χ3v) is 2.78. The second kappa shape index (κ2) is 7.33. The van der Waals surface area contributed by atoms with Gasteiger partial charge in [0.1, 0.15) is 0 Å². The molecule has 0 saturated heterocycles. The monoisotopic (exact) mass is 234 g/mol. The molecule has 1 N–H and O–H groups in total. The second-order valence-electron chi connectivity index (χ2n) is 5.08. The summed E-state index contributed by atoms with van der Waals surface area (Å²) in [5.74, 6) is 0.691. The lowest BCUT2D eigenvalue weighted by Crippen LogP contribution is -2.25. The largest absolute Gasteiger partial charge is 0.374 e. The minimum Gasteiger partial charge on any atom is -0.374 e. The van der Waals surface area contributed by atoms with E-state index in [0.717, 1.165) is 19.6 Å². The molecule has 0 spiro atoms. The van der Waals surface area contributed by atoms with Gasteiger partial charge in [-0.1, -0.05) is 39.0 Å². The Morgan fingerprint density at radius 2 is 1.94 bits per heavy atom. The van der Waals surface area contributed by atoms with E-state index in [4.69, 9.17) is 0 Å². The van der Waals surface area contributed by atoms with E-state index in [0.29, 0.717) is 5.92 Å². The first-order chi connectivity index (χ1) is 8.15. The molecule has 0 aromatic heterocycles. The first kappa shape index (κ1) is 14.0. The van der Waals surface area contributed by atoms with Gasteiger partial charge in [-0.2, -0.15) is 0 Å². The van der Waals surface area contributed by atoms with Crippen LogP contribution in [0, 0.1) is 5.92 Å². The fourth-order valence-electron chi connectivity index (χ4n) is 2.08. The first-order valence-corrected chi connectivity index (χ1v) is 6.65. The molecule has 96 valence electrons. The van der Waals surface area contributed by atoms with Crippen molar-refractivity contribution in [3.05, 3.63) is 29.8 Å². The number of rotatable bonds is 7. The van der Waals surface area contributed by atoms with Gasteiger partial charge in [0, 0.05) is 25.8 Å². The summed E-state index contributed by atoms with van der Waals surface area (Å²) in [6.07, 6.45) is 1.18. The molecule has 0 saturated carbocycles. The summed E-state index contributed by atoms with van der Waals surface area (Å²) < 4.78 is 0. The van der Waals surface area contributed by atoms with Crippen molar-refractivity contribution in [2.75, 3.05) is 25.0 Å². The van der Waals surface area contributed by atoms with Crippen molar-refractivity contribution in [3.8, 4) is 0 Å². The van der Waals surface area contributed by atoms with E-state index < -0.39 is 0 Å². The predicted octanol–water partition coefficient (Wildman–Crippen LogP) is 3.28. The SMILES string of the molecule is CCCNCc1ccccc1N(C)CC(C)C. The van der Waals surface area contributed by atoms with Crippen molar-refractivity contribution in [2.24, 2.45) is 5.92 Å². The van der Waals surface area contributed by atoms with E-state index in [1.807, 2.05) is 0 Å². The van der Waals surface area contributed by atoms with E-state index in [9.17, 15) is 0 Å².